The van der Waals surface area contributed by atoms with E-state index in [1.807, 2.05) is 36.1 Å². The zero-order valence-electron chi connectivity index (χ0n) is 39.1. The maximum absolute atomic E-state index is 14.9. The molecule has 2 aromatic rings. The number of hydrogen-bond acceptors (Lipinski definition) is 11. The molecule has 0 spiro atoms. The third-order valence-corrected chi connectivity index (χ3v) is 13.9. The van der Waals surface area contributed by atoms with Crippen LogP contribution in [0.25, 0.3) is 0 Å². The van der Waals surface area contributed by atoms with E-state index in [1.54, 1.807) is 17.8 Å². The van der Waals surface area contributed by atoms with Crippen LogP contribution in [-0.2, 0) is 19.1 Å². The number of aliphatic hydroxyl groups is 3. The number of amides is 1. The molecule has 3 N–H and O–H groups in total. The minimum absolute atomic E-state index is 0.00434. The van der Waals surface area contributed by atoms with Crippen molar-refractivity contribution >= 4 is 23.4 Å². The highest BCUT2D eigenvalue weighted by Gasteiger charge is 2.65. The molecule has 0 aromatic heterocycles. The number of aliphatic hydroxyl groups excluding tert-OH is 3. The fraction of sp³-hybridized carbons (Fsp3) is 0.654. The zero-order chi connectivity index (χ0) is 45.6. The fourth-order valence-corrected chi connectivity index (χ4v) is 10.6. The van der Waals surface area contributed by atoms with Gasteiger partial charge in [0.15, 0.2) is 0 Å². The van der Waals surface area contributed by atoms with Crippen molar-refractivity contribution in [1.29, 1.82) is 0 Å². The van der Waals surface area contributed by atoms with Crippen LogP contribution in [0.3, 0.4) is 0 Å². The molecule has 1 fully saturated rings. The SMILES string of the molecule is C=CCOC12Oc3ccc(Oc4ccc(SC)cc4)cc3C3C(CCCCO)C(CCCCO)C=C(C(=NOCC)CC1N(CCOCCO)C(=O)CCCCCCCCCCC)C32. The van der Waals surface area contributed by atoms with Gasteiger partial charge >= 0.3 is 0 Å². The predicted octanol–water partition coefficient (Wildman–Crippen LogP) is 10.6. The summed E-state index contributed by atoms with van der Waals surface area (Å²) in [4.78, 5) is 23.8. The van der Waals surface area contributed by atoms with Gasteiger partial charge in [-0.25, -0.2) is 0 Å². The van der Waals surface area contributed by atoms with E-state index >= 15 is 0 Å². The molecule has 2 aromatic carbocycles. The van der Waals surface area contributed by atoms with E-state index in [0.717, 1.165) is 72.4 Å². The number of benzene rings is 2. The predicted molar refractivity (Wildman–Crippen MR) is 256 cm³/mol. The third kappa shape index (κ3) is 13.8. The van der Waals surface area contributed by atoms with E-state index in [2.05, 4.69) is 44.0 Å². The van der Waals surface area contributed by atoms with Crippen LogP contribution in [0.15, 0.2) is 76.8 Å². The van der Waals surface area contributed by atoms with Crippen molar-refractivity contribution in [2.75, 3.05) is 59.0 Å². The molecule has 12 heteroatoms. The molecule has 6 unspecified atom stereocenters. The standard InChI is InChI=1S/C52H78N2O9S/c1-5-8-9-10-11-12-13-14-15-22-49(58)54(29-34-59-35-32-57)48-38-46(53-61-7-3)44-36-39(20-16-18-30-55)43(21-17-19-31-56)50-45-37-41(62-40-23-26-42(64-4)27-24-40)25-28-47(45)63-52(48,51(44)50)60-33-6-2/h6,23-28,36-37,39,43,48,50-51,55-57H,2,5,7-22,29-35,38H2,1,3-4H3. The van der Waals surface area contributed by atoms with Gasteiger partial charge in [-0.2, -0.15) is 0 Å². The molecular formula is C52H78N2O9S. The number of carbonyl (C=O) groups excluding carboxylic acids is 1. The molecule has 5 rings (SSSR count). The molecule has 1 aliphatic heterocycles. The summed E-state index contributed by atoms with van der Waals surface area (Å²) >= 11 is 1.68. The van der Waals surface area contributed by atoms with Crippen molar-refractivity contribution in [1.82, 2.24) is 4.90 Å². The normalized spacial score (nSPS) is 22.9. The summed E-state index contributed by atoms with van der Waals surface area (Å²) in [5.74, 6) is 0.387. The number of ether oxygens (including phenoxy) is 4. The van der Waals surface area contributed by atoms with Gasteiger partial charge in [-0.3, -0.25) is 4.79 Å². The van der Waals surface area contributed by atoms with Gasteiger partial charge in [0, 0.05) is 49.0 Å². The molecule has 0 radical (unpaired) electrons. The molecule has 11 nitrogen and oxygen atoms in total. The Bertz CT molecular complexity index is 1750. The van der Waals surface area contributed by atoms with Gasteiger partial charge < -0.3 is 44.0 Å². The number of nitrogens with zero attached hydrogens (tertiary/aromatic N) is 2. The van der Waals surface area contributed by atoms with Gasteiger partial charge in [-0.1, -0.05) is 88.4 Å². The summed E-state index contributed by atoms with van der Waals surface area (Å²) in [5.41, 5.74) is 2.77. The van der Waals surface area contributed by atoms with Crippen LogP contribution < -0.4 is 9.47 Å². The molecule has 1 saturated carbocycles. The van der Waals surface area contributed by atoms with E-state index in [4.69, 9.17) is 28.9 Å². The molecule has 0 bridgehead atoms. The van der Waals surface area contributed by atoms with E-state index in [1.165, 1.54) is 38.5 Å². The number of thioether (sulfide) groups is 1. The molecule has 2 aliphatic carbocycles. The minimum atomic E-state index is -1.35. The van der Waals surface area contributed by atoms with Gasteiger partial charge in [-0.15, -0.1) is 18.3 Å². The number of oxime groups is 1. The first-order valence-corrected chi connectivity index (χ1v) is 25.6. The van der Waals surface area contributed by atoms with Crippen LogP contribution in [0.1, 0.15) is 134 Å². The van der Waals surface area contributed by atoms with Gasteiger partial charge in [0.05, 0.1) is 38.1 Å². The van der Waals surface area contributed by atoms with Crippen LogP contribution in [0.5, 0.6) is 17.2 Å². The molecule has 64 heavy (non-hydrogen) atoms. The third-order valence-electron chi connectivity index (χ3n) is 13.1. The highest BCUT2D eigenvalue weighted by atomic mass is 32.2. The molecule has 1 heterocycles. The summed E-state index contributed by atoms with van der Waals surface area (Å²) < 4.78 is 27.0. The van der Waals surface area contributed by atoms with Gasteiger partial charge in [-0.05, 0) is 105 Å². The van der Waals surface area contributed by atoms with E-state index in [0.29, 0.717) is 43.8 Å². The number of allylic oxidation sites excluding steroid dienone is 1. The number of rotatable bonds is 32. The Morgan fingerprint density at radius 3 is 2.27 bits per heavy atom. The Labute approximate surface area is 388 Å². The average Bonchev–Trinajstić information content (AvgIpc) is 3.31. The Hall–Kier alpha value is -3.39. The Morgan fingerprint density at radius 2 is 1.59 bits per heavy atom. The second kappa shape index (κ2) is 27.9. The number of carbonyl (C=O) groups is 1. The number of fused-ring (bicyclic) bond motifs is 2. The van der Waals surface area contributed by atoms with E-state index < -0.39 is 17.7 Å². The van der Waals surface area contributed by atoms with E-state index in [-0.39, 0.29) is 69.8 Å². The molecule has 6 atom stereocenters. The summed E-state index contributed by atoms with van der Waals surface area (Å²) in [6, 6.07) is 13.5. The monoisotopic (exact) mass is 907 g/mol. The molecule has 3 aliphatic rings. The highest BCUT2D eigenvalue weighted by molar-refractivity contribution is 7.98. The molecular weight excluding hydrogens is 829 g/mol. The lowest BCUT2D eigenvalue weighted by Gasteiger charge is -2.60. The Kier molecular flexibility index (Phi) is 22.5. The van der Waals surface area contributed by atoms with E-state index in [9.17, 15) is 20.1 Å². The Balaban J connectivity index is 1.64. The Morgan fingerprint density at radius 1 is 0.891 bits per heavy atom. The maximum Gasteiger partial charge on any atom is 0.239 e. The molecule has 0 saturated heterocycles. The second-order valence-electron chi connectivity index (χ2n) is 17.5. The van der Waals surface area contributed by atoms with Crippen molar-refractivity contribution in [3.05, 3.63) is 72.3 Å². The summed E-state index contributed by atoms with van der Waals surface area (Å²) in [5, 5.41) is 34.4. The van der Waals surface area contributed by atoms with Crippen LogP contribution in [0, 0.1) is 17.8 Å². The lowest BCUT2D eigenvalue weighted by molar-refractivity contribution is -0.258. The van der Waals surface area contributed by atoms with Crippen molar-refractivity contribution in [2.45, 2.75) is 146 Å². The van der Waals surface area contributed by atoms with Crippen molar-refractivity contribution in [3.63, 3.8) is 0 Å². The minimum Gasteiger partial charge on any atom is -0.459 e. The first-order valence-electron chi connectivity index (χ1n) is 24.4. The van der Waals surface area contributed by atoms with Crippen LogP contribution in [-0.4, -0.2) is 103 Å². The van der Waals surface area contributed by atoms with Gasteiger partial charge in [0.25, 0.3) is 0 Å². The lowest BCUT2D eigenvalue weighted by atomic mass is 9.55. The highest BCUT2D eigenvalue weighted by Crippen LogP contribution is 2.62. The average molecular weight is 907 g/mol. The molecule has 1 amide bonds. The first-order chi connectivity index (χ1) is 31.4. The quantitative estimate of drug-likeness (QED) is 0.0281. The zero-order valence-corrected chi connectivity index (χ0v) is 39.9. The van der Waals surface area contributed by atoms with Crippen LogP contribution in [0.4, 0.5) is 0 Å². The van der Waals surface area contributed by atoms with Crippen molar-refractivity contribution in [2.24, 2.45) is 22.9 Å². The summed E-state index contributed by atoms with van der Waals surface area (Å²) in [6.45, 7) is 9.60. The van der Waals surface area contributed by atoms with Gasteiger partial charge in [0.1, 0.15) is 29.9 Å². The summed E-state index contributed by atoms with van der Waals surface area (Å²) in [6.07, 6.45) is 22.0. The lowest BCUT2D eigenvalue weighted by Crippen LogP contribution is -2.70. The number of hydrogen-bond donors (Lipinski definition) is 3. The van der Waals surface area contributed by atoms with Gasteiger partial charge in [0.2, 0.25) is 11.7 Å². The molecule has 356 valence electrons. The van der Waals surface area contributed by atoms with Crippen molar-refractivity contribution < 1.29 is 43.9 Å². The maximum atomic E-state index is 14.9. The first kappa shape index (κ1) is 51.6. The van der Waals surface area contributed by atoms with Crippen LogP contribution >= 0.6 is 11.8 Å². The van der Waals surface area contributed by atoms with Crippen LogP contribution in [0.2, 0.25) is 0 Å². The summed E-state index contributed by atoms with van der Waals surface area (Å²) in [7, 11) is 0. The largest absolute Gasteiger partial charge is 0.459 e. The smallest absolute Gasteiger partial charge is 0.239 e. The topological polar surface area (TPSA) is 140 Å². The van der Waals surface area contributed by atoms with Crippen molar-refractivity contribution in [3.8, 4) is 17.2 Å². The number of unbranched alkanes of at least 4 members (excludes halogenated alkanes) is 10. The fourth-order valence-electron chi connectivity index (χ4n) is 10.1. The second-order valence-corrected chi connectivity index (χ2v) is 18.3.